The molecule has 0 unspecified atom stereocenters. The lowest BCUT2D eigenvalue weighted by atomic mass is 10.1. The van der Waals surface area contributed by atoms with Crippen LogP contribution >= 0.6 is 24.0 Å². The summed E-state index contributed by atoms with van der Waals surface area (Å²) in [6.45, 7) is 0. The molecule has 3 N–H and O–H groups in total. The highest BCUT2D eigenvalue weighted by molar-refractivity contribution is 7.98. The molecule has 1 aromatic carbocycles. The molecule has 6 heteroatoms. The van der Waals surface area contributed by atoms with Crippen molar-refractivity contribution >= 4 is 40.6 Å². The molecule has 1 aromatic rings. The van der Waals surface area contributed by atoms with Gasteiger partial charge in [0, 0.05) is 17.7 Å². The zero-order valence-corrected chi connectivity index (χ0v) is 12.0. The summed E-state index contributed by atoms with van der Waals surface area (Å²) in [4.78, 5) is 12.0. The number of benzene rings is 1. The molecule has 4 nitrogen and oxygen atoms in total. The van der Waals surface area contributed by atoms with Crippen LogP contribution in [-0.4, -0.2) is 30.0 Å². The van der Waals surface area contributed by atoms with Gasteiger partial charge in [-0.2, -0.15) is 11.8 Å². The molecule has 0 bridgehead atoms. The monoisotopic (exact) mass is 284 g/mol. The second kappa shape index (κ2) is 7.23. The fraction of sp³-hybridized carbons (Fsp3) is 0.333. The van der Waals surface area contributed by atoms with Crippen LogP contribution in [0.1, 0.15) is 12.0 Å². The number of thiocarbonyl (C=S) groups is 1. The first-order valence-electron chi connectivity index (χ1n) is 5.35. The lowest BCUT2D eigenvalue weighted by molar-refractivity contribution is -0.115. The Kier molecular flexibility index (Phi) is 5.94. The van der Waals surface area contributed by atoms with Crippen LogP contribution in [0.25, 0.3) is 0 Å². The van der Waals surface area contributed by atoms with E-state index >= 15 is 0 Å². The molecule has 0 aliphatic rings. The topological polar surface area (TPSA) is 64.3 Å². The number of nitrogens with one attached hydrogen (secondary N) is 1. The van der Waals surface area contributed by atoms with Gasteiger partial charge in [-0.15, -0.1) is 0 Å². The molecule has 0 atom stereocenters. The normalized spacial score (nSPS) is 9.89. The van der Waals surface area contributed by atoms with Crippen LogP contribution in [0.3, 0.4) is 0 Å². The van der Waals surface area contributed by atoms with Crippen molar-refractivity contribution in [2.75, 3.05) is 24.4 Å². The maximum absolute atomic E-state index is 11.8. The molecule has 0 heterocycles. The van der Waals surface area contributed by atoms with Crippen molar-refractivity contribution in [2.45, 2.75) is 6.42 Å². The van der Waals surface area contributed by atoms with Crippen molar-refractivity contribution in [1.29, 1.82) is 0 Å². The first kappa shape index (κ1) is 14.8. The highest BCUT2D eigenvalue weighted by Gasteiger charge is 2.13. The van der Waals surface area contributed by atoms with E-state index in [9.17, 15) is 4.79 Å². The smallest absolute Gasteiger partial charge is 0.225 e. The SMILES string of the molecule is COc1cccc(C(N)=S)c1NC(=O)CCSC. The van der Waals surface area contributed by atoms with E-state index < -0.39 is 0 Å². The highest BCUT2D eigenvalue weighted by atomic mass is 32.2. The maximum atomic E-state index is 11.8. The van der Waals surface area contributed by atoms with Gasteiger partial charge in [-0.05, 0) is 18.4 Å². The Hall–Kier alpha value is -1.27. The van der Waals surface area contributed by atoms with Crippen LogP contribution < -0.4 is 15.8 Å². The minimum absolute atomic E-state index is 0.0775. The van der Waals surface area contributed by atoms with E-state index in [-0.39, 0.29) is 10.9 Å². The summed E-state index contributed by atoms with van der Waals surface area (Å²) in [7, 11) is 1.54. The van der Waals surface area contributed by atoms with Crippen LogP contribution in [0.5, 0.6) is 5.75 Å². The molecule has 0 fully saturated rings. The highest BCUT2D eigenvalue weighted by Crippen LogP contribution is 2.28. The largest absolute Gasteiger partial charge is 0.495 e. The molecule has 98 valence electrons. The van der Waals surface area contributed by atoms with Gasteiger partial charge in [0.15, 0.2) is 0 Å². The number of methoxy groups -OCH3 is 1. The third-order valence-electron chi connectivity index (χ3n) is 2.31. The molecule has 0 aliphatic carbocycles. The molecule has 1 amide bonds. The molecule has 0 radical (unpaired) electrons. The van der Waals surface area contributed by atoms with Crippen LogP contribution in [0, 0.1) is 0 Å². The first-order valence-corrected chi connectivity index (χ1v) is 7.16. The van der Waals surface area contributed by atoms with Crippen LogP contribution in [0.2, 0.25) is 0 Å². The molecule has 18 heavy (non-hydrogen) atoms. The van der Waals surface area contributed by atoms with Crippen molar-refractivity contribution in [3.05, 3.63) is 23.8 Å². The molecule has 1 rings (SSSR count). The number of nitrogens with two attached hydrogens (primary N) is 1. The molecule has 0 aliphatic heterocycles. The van der Waals surface area contributed by atoms with E-state index in [2.05, 4.69) is 5.32 Å². The van der Waals surface area contributed by atoms with Gasteiger partial charge >= 0.3 is 0 Å². The second-order valence-corrected chi connectivity index (χ2v) is 4.96. The third kappa shape index (κ3) is 3.89. The Bertz CT molecular complexity index is 450. The number of hydrogen-bond donors (Lipinski definition) is 2. The number of anilines is 1. The molecule has 0 saturated heterocycles. The summed E-state index contributed by atoms with van der Waals surface area (Å²) in [5.41, 5.74) is 6.79. The van der Waals surface area contributed by atoms with Gasteiger partial charge in [-0.25, -0.2) is 0 Å². The summed E-state index contributed by atoms with van der Waals surface area (Å²) >= 11 is 6.58. The lowest BCUT2D eigenvalue weighted by Crippen LogP contribution is -2.18. The van der Waals surface area contributed by atoms with Crippen LogP contribution in [0.15, 0.2) is 18.2 Å². The summed E-state index contributed by atoms with van der Waals surface area (Å²) in [5.74, 6) is 1.24. The first-order chi connectivity index (χ1) is 8.60. The Labute approximate surface area is 116 Å². The average Bonchev–Trinajstić information content (AvgIpc) is 2.36. The van der Waals surface area contributed by atoms with E-state index in [1.165, 1.54) is 7.11 Å². The van der Waals surface area contributed by atoms with E-state index in [1.54, 1.807) is 30.0 Å². The van der Waals surface area contributed by atoms with E-state index in [1.807, 2.05) is 6.26 Å². The van der Waals surface area contributed by atoms with Crippen LogP contribution in [-0.2, 0) is 4.79 Å². The second-order valence-electron chi connectivity index (χ2n) is 3.54. The van der Waals surface area contributed by atoms with Gasteiger partial charge in [-0.3, -0.25) is 4.79 Å². The van der Waals surface area contributed by atoms with Gasteiger partial charge in [0.1, 0.15) is 10.7 Å². The number of ether oxygens (including phenoxy) is 1. The number of thioether (sulfide) groups is 1. The fourth-order valence-electron chi connectivity index (χ4n) is 1.43. The number of para-hydroxylation sites is 1. The Morgan fingerprint density at radius 1 is 1.56 bits per heavy atom. The van der Waals surface area contributed by atoms with Crippen molar-refractivity contribution < 1.29 is 9.53 Å². The zero-order valence-electron chi connectivity index (χ0n) is 10.4. The number of carbonyl (C=O) groups excluding carboxylic acids is 1. The number of rotatable bonds is 6. The quantitative estimate of drug-likeness (QED) is 0.783. The molecule has 0 spiro atoms. The zero-order chi connectivity index (χ0) is 13.5. The standard InChI is InChI=1S/C12H16N2O2S2/c1-16-9-5-3-4-8(12(13)17)11(9)14-10(15)6-7-18-2/h3-5H,6-7H2,1-2H3,(H2,13,17)(H,14,15). The minimum Gasteiger partial charge on any atom is -0.495 e. The van der Waals surface area contributed by atoms with Crippen LogP contribution in [0.4, 0.5) is 5.69 Å². The Morgan fingerprint density at radius 2 is 2.28 bits per heavy atom. The lowest BCUT2D eigenvalue weighted by Gasteiger charge is -2.14. The van der Waals surface area contributed by atoms with Gasteiger partial charge in [0.05, 0.1) is 12.8 Å². The molecule has 0 aromatic heterocycles. The van der Waals surface area contributed by atoms with E-state index in [0.717, 1.165) is 5.75 Å². The number of amides is 1. The van der Waals surface area contributed by atoms with Crippen molar-refractivity contribution in [1.82, 2.24) is 0 Å². The summed E-state index contributed by atoms with van der Waals surface area (Å²) in [5, 5.41) is 2.80. The summed E-state index contributed by atoms with van der Waals surface area (Å²) in [6.07, 6.45) is 2.40. The predicted octanol–water partition coefficient (Wildman–Crippen LogP) is 2.02. The van der Waals surface area contributed by atoms with Gasteiger partial charge in [-0.1, -0.05) is 18.3 Å². The molecule has 0 saturated carbocycles. The Morgan fingerprint density at radius 3 is 2.83 bits per heavy atom. The maximum Gasteiger partial charge on any atom is 0.225 e. The number of hydrogen-bond acceptors (Lipinski definition) is 4. The third-order valence-corrected chi connectivity index (χ3v) is 3.14. The summed E-state index contributed by atoms with van der Waals surface area (Å²) < 4.78 is 5.21. The minimum atomic E-state index is -0.0775. The van der Waals surface area contributed by atoms with Gasteiger partial charge in [0.25, 0.3) is 0 Å². The fourth-order valence-corrected chi connectivity index (χ4v) is 1.99. The number of carbonyl (C=O) groups is 1. The van der Waals surface area contributed by atoms with Gasteiger partial charge in [0.2, 0.25) is 5.91 Å². The Balaban J connectivity index is 2.97. The summed E-state index contributed by atoms with van der Waals surface area (Å²) in [6, 6.07) is 5.30. The van der Waals surface area contributed by atoms with Crippen molar-refractivity contribution in [2.24, 2.45) is 5.73 Å². The molecular weight excluding hydrogens is 268 g/mol. The van der Waals surface area contributed by atoms with Gasteiger partial charge < -0.3 is 15.8 Å². The van der Waals surface area contributed by atoms with Crippen molar-refractivity contribution in [3.8, 4) is 5.75 Å². The average molecular weight is 284 g/mol. The van der Waals surface area contributed by atoms with E-state index in [4.69, 9.17) is 22.7 Å². The van der Waals surface area contributed by atoms with Crippen molar-refractivity contribution in [3.63, 3.8) is 0 Å². The van der Waals surface area contributed by atoms with E-state index in [0.29, 0.717) is 23.4 Å². The molecular formula is C12H16N2O2S2. The predicted molar refractivity (Wildman–Crippen MR) is 80.5 cm³/mol.